The lowest BCUT2D eigenvalue weighted by atomic mass is 10.2. The number of pyridine rings is 3. The fourth-order valence-corrected chi connectivity index (χ4v) is 2.30. The summed E-state index contributed by atoms with van der Waals surface area (Å²) in [6.45, 7) is 0. The predicted molar refractivity (Wildman–Crippen MR) is 79.9 cm³/mol. The molecule has 0 atom stereocenters. The molecular formula is C16H11N5. The van der Waals surface area contributed by atoms with Crippen LogP contribution < -0.4 is 0 Å². The van der Waals surface area contributed by atoms with E-state index in [0.717, 1.165) is 28.4 Å². The highest BCUT2D eigenvalue weighted by Crippen LogP contribution is 2.25. The molecule has 21 heavy (non-hydrogen) atoms. The molecule has 0 aromatic carbocycles. The van der Waals surface area contributed by atoms with Gasteiger partial charge in [-0.05, 0) is 36.4 Å². The van der Waals surface area contributed by atoms with Crippen LogP contribution in [0.25, 0.3) is 28.4 Å². The maximum absolute atomic E-state index is 4.68. The van der Waals surface area contributed by atoms with E-state index in [4.69, 9.17) is 0 Å². The zero-order valence-corrected chi connectivity index (χ0v) is 11.1. The Morgan fingerprint density at radius 3 is 2.52 bits per heavy atom. The standard InChI is InChI=1S/C16H11N5/c1-2-9-18-14(7-1)21-15(12-5-3-8-17-11-12)20-13-6-4-10-19-16(13)21/h1-11H. The minimum atomic E-state index is 0.787. The topological polar surface area (TPSA) is 56.5 Å². The number of hydrogen-bond acceptors (Lipinski definition) is 4. The maximum atomic E-state index is 4.68. The number of imidazole rings is 1. The van der Waals surface area contributed by atoms with Crippen LogP contribution in [0.15, 0.2) is 67.3 Å². The molecule has 0 amide bonds. The van der Waals surface area contributed by atoms with Gasteiger partial charge in [0.1, 0.15) is 17.2 Å². The molecule has 4 aromatic rings. The fraction of sp³-hybridized carbons (Fsp3) is 0. The lowest BCUT2D eigenvalue weighted by Crippen LogP contribution is -2.00. The molecule has 0 spiro atoms. The van der Waals surface area contributed by atoms with Crippen LogP contribution in [0.4, 0.5) is 0 Å². The smallest absolute Gasteiger partial charge is 0.166 e. The highest BCUT2D eigenvalue weighted by molar-refractivity contribution is 5.79. The summed E-state index contributed by atoms with van der Waals surface area (Å²) in [5.41, 5.74) is 2.55. The monoisotopic (exact) mass is 273 g/mol. The minimum Gasteiger partial charge on any atom is -0.264 e. The quantitative estimate of drug-likeness (QED) is 0.563. The number of aromatic nitrogens is 5. The molecule has 0 unspecified atom stereocenters. The van der Waals surface area contributed by atoms with Gasteiger partial charge in [0.15, 0.2) is 5.65 Å². The maximum Gasteiger partial charge on any atom is 0.166 e. The molecular weight excluding hydrogens is 262 g/mol. The van der Waals surface area contributed by atoms with E-state index in [9.17, 15) is 0 Å². The fourth-order valence-electron chi connectivity index (χ4n) is 2.30. The van der Waals surface area contributed by atoms with Gasteiger partial charge in [-0.3, -0.25) is 9.55 Å². The molecule has 0 saturated heterocycles. The summed E-state index contributed by atoms with van der Waals surface area (Å²) in [5, 5.41) is 0. The van der Waals surface area contributed by atoms with Crippen LogP contribution in [0.2, 0.25) is 0 Å². The first-order valence-electron chi connectivity index (χ1n) is 6.59. The van der Waals surface area contributed by atoms with Gasteiger partial charge in [-0.25, -0.2) is 15.0 Å². The van der Waals surface area contributed by atoms with Gasteiger partial charge in [0.2, 0.25) is 0 Å². The van der Waals surface area contributed by atoms with E-state index >= 15 is 0 Å². The van der Waals surface area contributed by atoms with Crippen molar-refractivity contribution in [3.63, 3.8) is 0 Å². The van der Waals surface area contributed by atoms with Gasteiger partial charge in [-0.2, -0.15) is 0 Å². The van der Waals surface area contributed by atoms with Crippen molar-refractivity contribution in [2.45, 2.75) is 0 Å². The first-order chi connectivity index (χ1) is 10.4. The van der Waals surface area contributed by atoms with Gasteiger partial charge < -0.3 is 0 Å². The second-order valence-corrected chi connectivity index (χ2v) is 4.55. The molecule has 100 valence electrons. The third kappa shape index (κ3) is 1.95. The Kier molecular flexibility index (Phi) is 2.67. The second-order valence-electron chi connectivity index (χ2n) is 4.55. The molecule has 0 fully saturated rings. The van der Waals surface area contributed by atoms with Crippen molar-refractivity contribution in [3.05, 3.63) is 67.3 Å². The normalized spacial score (nSPS) is 10.9. The summed E-state index contributed by atoms with van der Waals surface area (Å²) in [6.07, 6.45) is 7.06. The predicted octanol–water partition coefficient (Wildman–Crippen LogP) is 2.88. The van der Waals surface area contributed by atoms with Crippen LogP contribution >= 0.6 is 0 Å². The second kappa shape index (κ2) is 4.79. The van der Waals surface area contributed by atoms with Crippen LogP contribution in [-0.4, -0.2) is 24.5 Å². The summed E-state index contributed by atoms with van der Waals surface area (Å²) in [6, 6.07) is 13.5. The van der Waals surface area contributed by atoms with Gasteiger partial charge in [0.25, 0.3) is 0 Å². The molecule has 0 bridgehead atoms. The molecule has 0 N–H and O–H groups in total. The first kappa shape index (κ1) is 11.7. The molecule has 4 aromatic heterocycles. The number of nitrogens with zero attached hydrogens (tertiary/aromatic N) is 5. The molecule has 0 aliphatic carbocycles. The molecule has 0 aliphatic rings. The van der Waals surface area contributed by atoms with Crippen LogP contribution in [0, 0.1) is 0 Å². The molecule has 5 nitrogen and oxygen atoms in total. The minimum absolute atomic E-state index is 0.787. The van der Waals surface area contributed by atoms with Crippen LogP contribution in [-0.2, 0) is 0 Å². The lowest BCUT2D eigenvalue weighted by Gasteiger charge is -2.07. The van der Waals surface area contributed by atoms with Crippen molar-refractivity contribution < 1.29 is 0 Å². The Morgan fingerprint density at radius 1 is 0.810 bits per heavy atom. The van der Waals surface area contributed by atoms with Crippen molar-refractivity contribution in [2.24, 2.45) is 0 Å². The average molecular weight is 273 g/mol. The first-order valence-corrected chi connectivity index (χ1v) is 6.59. The Balaban J connectivity index is 2.07. The van der Waals surface area contributed by atoms with Crippen LogP contribution in [0.1, 0.15) is 0 Å². The Hall–Kier alpha value is -3.08. The van der Waals surface area contributed by atoms with Crippen LogP contribution in [0.5, 0.6) is 0 Å². The van der Waals surface area contributed by atoms with Gasteiger partial charge in [-0.1, -0.05) is 6.07 Å². The van der Waals surface area contributed by atoms with Crippen molar-refractivity contribution in [1.29, 1.82) is 0 Å². The van der Waals surface area contributed by atoms with Crippen molar-refractivity contribution in [2.75, 3.05) is 0 Å². The Labute approximate surface area is 121 Å². The third-order valence-corrected chi connectivity index (χ3v) is 3.21. The zero-order valence-electron chi connectivity index (χ0n) is 11.1. The Bertz CT molecular complexity index is 884. The van der Waals surface area contributed by atoms with Gasteiger partial charge in [-0.15, -0.1) is 0 Å². The van der Waals surface area contributed by atoms with Crippen molar-refractivity contribution in [1.82, 2.24) is 24.5 Å². The number of rotatable bonds is 2. The largest absolute Gasteiger partial charge is 0.264 e. The number of fused-ring (bicyclic) bond motifs is 1. The van der Waals surface area contributed by atoms with E-state index in [1.165, 1.54) is 0 Å². The molecule has 0 saturated carbocycles. The summed E-state index contributed by atoms with van der Waals surface area (Å²) < 4.78 is 1.95. The Morgan fingerprint density at radius 2 is 1.71 bits per heavy atom. The van der Waals surface area contributed by atoms with Gasteiger partial charge >= 0.3 is 0 Å². The molecule has 4 rings (SSSR count). The molecule has 5 heteroatoms. The molecule has 0 aliphatic heterocycles. The summed E-state index contributed by atoms with van der Waals surface area (Å²) in [4.78, 5) is 17.7. The van der Waals surface area contributed by atoms with E-state index in [2.05, 4.69) is 19.9 Å². The van der Waals surface area contributed by atoms with E-state index < -0.39 is 0 Å². The zero-order chi connectivity index (χ0) is 14.1. The lowest BCUT2D eigenvalue weighted by molar-refractivity contribution is 1.01. The highest BCUT2D eigenvalue weighted by atomic mass is 15.2. The van der Waals surface area contributed by atoms with E-state index in [0.29, 0.717) is 0 Å². The van der Waals surface area contributed by atoms with E-state index in [-0.39, 0.29) is 0 Å². The highest BCUT2D eigenvalue weighted by Gasteiger charge is 2.15. The van der Waals surface area contributed by atoms with Crippen molar-refractivity contribution >= 4 is 11.2 Å². The summed E-state index contributed by atoms with van der Waals surface area (Å²) in [5.74, 6) is 1.58. The average Bonchev–Trinajstić information content (AvgIpc) is 2.96. The summed E-state index contributed by atoms with van der Waals surface area (Å²) in [7, 11) is 0. The van der Waals surface area contributed by atoms with E-state index in [1.807, 2.05) is 47.0 Å². The van der Waals surface area contributed by atoms with Gasteiger partial charge in [0.05, 0.1) is 0 Å². The van der Waals surface area contributed by atoms with Crippen LogP contribution in [0.3, 0.4) is 0 Å². The van der Waals surface area contributed by atoms with Gasteiger partial charge in [0, 0.05) is 30.4 Å². The third-order valence-electron chi connectivity index (χ3n) is 3.21. The molecule has 4 heterocycles. The molecule has 0 radical (unpaired) electrons. The summed E-state index contributed by atoms with van der Waals surface area (Å²) >= 11 is 0. The van der Waals surface area contributed by atoms with Crippen molar-refractivity contribution in [3.8, 4) is 17.2 Å². The SMILES string of the molecule is c1ccc(-n2c(-c3cccnc3)nc3cccnc32)nc1. The van der Waals surface area contributed by atoms with E-state index in [1.54, 1.807) is 24.8 Å². The number of hydrogen-bond donors (Lipinski definition) is 0.